The quantitative estimate of drug-likeness (QED) is 0.822. The molecule has 0 bridgehead atoms. The maximum absolute atomic E-state index is 12.6. The van der Waals surface area contributed by atoms with Crippen LogP contribution in [0, 0.1) is 0 Å². The van der Waals surface area contributed by atoms with Gasteiger partial charge in [0.2, 0.25) is 15.9 Å². The molecule has 0 spiro atoms. The fraction of sp³-hybridized carbons (Fsp3) is 0.688. The number of amides is 1. The van der Waals surface area contributed by atoms with Crippen molar-refractivity contribution in [3.05, 3.63) is 23.7 Å². The lowest BCUT2D eigenvalue weighted by Crippen LogP contribution is -2.42. The van der Waals surface area contributed by atoms with Gasteiger partial charge < -0.3 is 9.32 Å². The van der Waals surface area contributed by atoms with Crippen molar-refractivity contribution in [2.75, 3.05) is 26.4 Å². The van der Waals surface area contributed by atoms with Crippen molar-refractivity contribution in [1.82, 2.24) is 9.21 Å². The summed E-state index contributed by atoms with van der Waals surface area (Å²) in [6.07, 6.45) is 5.83. The molecule has 1 aliphatic rings. The molecule has 0 aliphatic carbocycles. The van der Waals surface area contributed by atoms with Crippen molar-refractivity contribution >= 4 is 15.9 Å². The number of hydrogen-bond acceptors (Lipinski definition) is 4. The molecule has 0 radical (unpaired) electrons. The molecular formula is C16H26N2O4S. The number of hydrogen-bond donors (Lipinski definition) is 0. The minimum Gasteiger partial charge on any atom is -0.464 e. The van der Waals surface area contributed by atoms with E-state index < -0.39 is 10.0 Å². The zero-order chi connectivity index (χ0) is 17.0. The van der Waals surface area contributed by atoms with Crippen molar-refractivity contribution < 1.29 is 17.6 Å². The van der Waals surface area contributed by atoms with E-state index in [9.17, 15) is 13.2 Å². The molecule has 1 fully saturated rings. The number of likely N-dealkylation sites (tertiary alicyclic amines) is 1. The lowest BCUT2D eigenvalue weighted by atomic mass is 10.1. The summed E-state index contributed by atoms with van der Waals surface area (Å²) in [7, 11) is -1.93. The Morgan fingerprint density at radius 1 is 1.35 bits per heavy atom. The number of aryl methyl sites for hydroxylation is 1. The molecule has 6 nitrogen and oxygen atoms in total. The molecule has 1 unspecified atom stereocenters. The van der Waals surface area contributed by atoms with Crippen LogP contribution in [-0.2, 0) is 21.2 Å². The highest BCUT2D eigenvalue weighted by molar-refractivity contribution is 7.88. The Bertz CT molecular complexity index is 638. The molecule has 2 heterocycles. The average molecular weight is 342 g/mol. The van der Waals surface area contributed by atoms with Crippen LogP contribution in [0.25, 0.3) is 0 Å². The van der Waals surface area contributed by atoms with E-state index in [1.807, 2.05) is 19.1 Å². The molecule has 0 saturated carbocycles. The van der Waals surface area contributed by atoms with Gasteiger partial charge in [0.15, 0.2) is 0 Å². The molecule has 0 N–H and O–H groups in total. The van der Waals surface area contributed by atoms with E-state index >= 15 is 0 Å². The summed E-state index contributed by atoms with van der Waals surface area (Å²) in [6.45, 7) is 2.54. The maximum atomic E-state index is 12.6. The number of carbonyl (C=O) groups is 1. The summed E-state index contributed by atoms with van der Waals surface area (Å²) >= 11 is 0. The van der Waals surface area contributed by atoms with E-state index in [2.05, 4.69) is 0 Å². The number of likely N-dealkylation sites (N-methyl/N-ethyl adjacent to an activating group) is 1. The molecule has 2 rings (SSSR count). The SMILES string of the molecule is CCc1ccc(C2CCCCCN2C(=O)CN(C)S(C)(=O)=O)o1. The number of carbonyl (C=O) groups excluding carboxylic acids is 1. The van der Waals surface area contributed by atoms with Crippen LogP contribution in [0.15, 0.2) is 16.5 Å². The fourth-order valence-electron chi connectivity index (χ4n) is 2.86. The zero-order valence-electron chi connectivity index (χ0n) is 14.1. The monoisotopic (exact) mass is 342 g/mol. The highest BCUT2D eigenvalue weighted by atomic mass is 32.2. The van der Waals surface area contributed by atoms with Gasteiger partial charge in [-0.1, -0.05) is 19.8 Å². The highest BCUT2D eigenvalue weighted by Crippen LogP contribution is 2.31. The van der Waals surface area contributed by atoms with Crippen LogP contribution < -0.4 is 0 Å². The van der Waals surface area contributed by atoms with Crippen LogP contribution in [0.4, 0.5) is 0 Å². The standard InChI is InChI=1S/C16H26N2O4S/c1-4-13-9-10-15(22-13)14-8-6-5-7-11-18(14)16(19)12-17(2)23(3,20)21/h9-10,14H,4-8,11-12H2,1-3H3. The van der Waals surface area contributed by atoms with Crippen LogP contribution in [0.2, 0.25) is 0 Å². The molecule has 0 aromatic carbocycles. The van der Waals surface area contributed by atoms with E-state index in [4.69, 9.17) is 4.42 Å². The predicted molar refractivity (Wildman–Crippen MR) is 88.5 cm³/mol. The summed E-state index contributed by atoms with van der Waals surface area (Å²) < 4.78 is 30.0. The van der Waals surface area contributed by atoms with Crippen LogP contribution in [-0.4, -0.2) is 49.9 Å². The third-order valence-corrected chi connectivity index (χ3v) is 5.62. The molecule has 1 amide bonds. The second-order valence-electron chi connectivity index (χ2n) is 6.13. The first-order chi connectivity index (χ1) is 10.8. The Labute approximate surface area is 138 Å². The average Bonchev–Trinajstić information content (AvgIpc) is 2.82. The third-order valence-electron chi connectivity index (χ3n) is 4.36. The molecule has 23 heavy (non-hydrogen) atoms. The second kappa shape index (κ2) is 7.49. The van der Waals surface area contributed by atoms with Gasteiger partial charge in [0.05, 0.1) is 18.8 Å². The zero-order valence-corrected chi connectivity index (χ0v) is 14.9. The van der Waals surface area contributed by atoms with Crippen LogP contribution >= 0.6 is 0 Å². The molecule has 130 valence electrons. The van der Waals surface area contributed by atoms with Gasteiger partial charge in [0, 0.05) is 20.0 Å². The molecule has 7 heteroatoms. The van der Waals surface area contributed by atoms with E-state index in [0.29, 0.717) is 6.54 Å². The van der Waals surface area contributed by atoms with Crippen LogP contribution in [0.5, 0.6) is 0 Å². The summed E-state index contributed by atoms with van der Waals surface area (Å²) in [6, 6.07) is 3.79. The van der Waals surface area contributed by atoms with Gasteiger partial charge in [-0.2, -0.15) is 4.31 Å². The minimum absolute atomic E-state index is 0.0988. The van der Waals surface area contributed by atoms with Gasteiger partial charge >= 0.3 is 0 Å². The Morgan fingerprint density at radius 3 is 2.70 bits per heavy atom. The largest absolute Gasteiger partial charge is 0.464 e. The van der Waals surface area contributed by atoms with Crippen molar-refractivity contribution in [2.45, 2.75) is 45.1 Å². The summed E-state index contributed by atoms with van der Waals surface area (Å²) in [5.41, 5.74) is 0. The highest BCUT2D eigenvalue weighted by Gasteiger charge is 2.30. The summed E-state index contributed by atoms with van der Waals surface area (Å²) in [5, 5.41) is 0. The summed E-state index contributed by atoms with van der Waals surface area (Å²) in [5.74, 6) is 1.54. The summed E-state index contributed by atoms with van der Waals surface area (Å²) in [4.78, 5) is 14.4. The Balaban J connectivity index is 2.19. The molecule has 1 aromatic rings. The van der Waals surface area contributed by atoms with Gasteiger partial charge in [0.25, 0.3) is 0 Å². The topological polar surface area (TPSA) is 70.8 Å². The number of nitrogens with zero attached hydrogens (tertiary/aromatic N) is 2. The van der Waals surface area contributed by atoms with Crippen molar-refractivity contribution in [1.29, 1.82) is 0 Å². The van der Waals surface area contributed by atoms with Crippen molar-refractivity contribution in [3.63, 3.8) is 0 Å². The first-order valence-electron chi connectivity index (χ1n) is 8.12. The van der Waals surface area contributed by atoms with Crippen molar-refractivity contribution in [3.8, 4) is 0 Å². The third kappa shape index (κ3) is 4.57. The number of sulfonamides is 1. The minimum atomic E-state index is -3.37. The van der Waals surface area contributed by atoms with E-state index in [1.54, 1.807) is 4.90 Å². The normalized spacial score (nSPS) is 19.8. The predicted octanol–water partition coefficient (Wildman–Crippen LogP) is 2.18. The van der Waals surface area contributed by atoms with Gasteiger partial charge in [-0.15, -0.1) is 0 Å². The van der Waals surface area contributed by atoms with E-state index in [-0.39, 0.29) is 18.5 Å². The smallest absolute Gasteiger partial charge is 0.238 e. The fourth-order valence-corrected chi connectivity index (χ4v) is 3.21. The Kier molecular flexibility index (Phi) is 5.86. The van der Waals surface area contributed by atoms with Gasteiger partial charge in [-0.25, -0.2) is 8.42 Å². The molecule has 1 aliphatic heterocycles. The van der Waals surface area contributed by atoms with Crippen molar-refractivity contribution in [2.24, 2.45) is 0 Å². The number of furan rings is 1. The van der Waals surface area contributed by atoms with Gasteiger partial charge in [-0.05, 0) is 25.0 Å². The van der Waals surface area contributed by atoms with Crippen LogP contribution in [0.1, 0.15) is 50.2 Å². The number of rotatable bonds is 5. The molecular weight excluding hydrogens is 316 g/mol. The van der Waals surface area contributed by atoms with Crippen LogP contribution in [0.3, 0.4) is 0 Å². The molecule has 1 atom stereocenters. The van der Waals surface area contributed by atoms with E-state index in [1.165, 1.54) is 7.05 Å². The van der Waals surface area contributed by atoms with E-state index in [0.717, 1.165) is 54.2 Å². The lowest BCUT2D eigenvalue weighted by molar-refractivity contribution is -0.134. The van der Waals surface area contributed by atoms with Gasteiger partial charge in [-0.3, -0.25) is 4.79 Å². The second-order valence-corrected chi connectivity index (χ2v) is 8.22. The lowest BCUT2D eigenvalue weighted by Gasteiger charge is -2.30. The van der Waals surface area contributed by atoms with Gasteiger partial charge in [0.1, 0.15) is 11.5 Å². The molecule has 1 saturated heterocycles. The maximum Gasteiger partial charge on any atom is 0.238 e. The molecule has 1 aromatic heterocycles. The first kappa shape index (κ1) is 18.0. The first-order valence-corrected chi connectivity index (χ1v) is 9.97. The Hall–Kier alpha value is -1.34. The Morgan fingerprint density at radius 2 is 2.09 bits per heavy atom.